The van der Waals surface area contributed by atoms with Gasteiger partial charge in [0, 0.05) is 5.69 Å². The van der Waals surface area contributed by atoms with Crippen molar-refractivity contribution in [1.82, 2.24) is 10.3 Å². The molecule has 9 heteroatoms. The van der Waals surface area contributed by atoms with Gasteiger partial charge in [0.05, 0.1) is 11.6 Å². The van der Waals surface area contributed by atoms with Crippen molar-refractivity contribution in [1.29, 1.82) is 0 Å². The Morgan fingerprint density at radius 3 is 2.29 bits per heavy atom. The summed E-state index contributed by atoms with van der Waals surface area (Å²) in [6.45, 7) is 1.57. The molecular weight excluding hydrogens is 373 g/mol. The Kier molecular flexibility index (Phi) is 5.76. The summed E-state index contributed by atoms with van der Waals surface area (Å²) in [7, 11) is 0. The highest BCUT2D eigenvalue weighted by Crippen LogP contribution is 2.29. The van der Waals surface area contributed by atoms with E-state index in [9.17, 15) is 18.0 Å². The Morgan fingerprint density at radius 1 is 1.07 bits per heavy atom. The van der Waals surface area contributed by atoms with Gasteiger partial charge in [-0.1, -0.05) is 18.2 Å². The Bertz CT molecular complexity index is 834. The first-order chi connectivity index (χ1) is 13.2. The van der Waals surface area contributed by atoms with Crippen molar-refractivity contribution in [2.24, 2.45) is 5.84 Å². The Morgan fingerprint density at radius 2 is 1.68 bits per heavy atom. The monoisotopic (exact) mass is 394 g/mol. The fraction of sp³-hybridized carbons (Fsp3) is 0.316. The quantitative estimate of drug-likeness (QED) is 0.321. The van der Waals surface area contributed by atoms with Gasteiger partial charge in [0.2, 0.25) is 0 Å². The molecule has 2 aromatic rings. The Labute approximate surface area is 160 Å². The molecule has 1 aliphatic rings. The van der Waals surface area contributed by atoms with Crippen LogP contribution in [0, 0.1) is 0 Å². The first-order valence-corrected chi connectivity index (χ1v) is 8.79. The van der Waals surface area contributed by atoms with E-state index < -0.39 is 6.36 Å². The second kappa shape index (κ2) is 8.07. The topological polar surface area (TPSA) is 93.6 Å². The molecule has 0 aromatic heterocycles. The number of hydrazine groups is 1. The van der Waals surface area contributed by atoms with E-state index in [1.807, 2.05) is 0 Å². The zero-order valence-electron chi connectivity index (χ0n) is 15.0. The molecule has 0 bridgehead atoms. The Hall–Kier alpha value is -2.78. The number of benzene rings is 2. The van der Waals surface area contributed by atoms with Crippen molar-refractivity contribution in [3.05, 3.63) is 48.0 Å². The first-order valence-electron chi connectivity index (χ1n) is 8.79. The number of hydrogen-bond donors (Lipinski definition) is 3. The average Bonchev–Trinajstić information content (AvgIpc) is 2.67. The van der Waals surface area contributed by atoms with Crippen molar-refractivity contribution in [3.8, 4) is 16.9 Å². The average molecular weight is 394 g/mol. The zero-order valence-corrected chi connectivity index (χ0v) is 15.0. The molecule has 0 aliphatic carbocycles. The van der Waals surface area contributed by atoms with Gasteiger partial charge < -0.3 is 15.8 Å². The highest BCUT2D eigenvalue weighted by Gasteiger charge is 2.31. The molecule has 0 unspecified atom stereocenters. The molecule has 0 radical (unpaired) electrons. The van der Waals surface area contributed by atoms with E-state index in [-0.39, 0.29) is 28.9 Å². The molecule has 0 spiro atoms. The number of hydrogen-bond acceptors (Lipinski definition) is 5. The van der Waals surface area contributed by atoms with Crippen LogP contribution in [0.4, 0.5) is 18.9 Å². The number of halogens is 3. The largest absolute Gasteiger partial charge is 0.573 e. The minimum Gasteiger partial charge on any atom is -0.406 e. The van der Waals surface area contributed by atoms with Crippen molar-refractivity contribution in [3.63, 3.8) is 0 Å². The number of nitrogens with one attached hydrogen (secondary N) is 1. The predicted molar refractivity (Wildman–Crippen MR) is 99.2 cm³/mol. The van der Waals surface area contributed by atoms with Gasteiger partial charge in [-0.05, 0) is 61.3 Å². The summed E-state index contributed by atoms with van der Waals surface area (Å²) >= 11 is 0. The van der Waals surface area contributed by atoms with Crippen LogP contribution < -0.4 is 21.6 Å². The minimum absolute atomic E-state index is 0.0735. The molecule has 28 heavy (non-hydrogen) atoms. The van der Waals surface area contributed by atoms with E-state index in [0.29, 0.717) is 11.1 Å². The van der Waals surface area contributed by atoms with E-state index >= 15 is 0 Å². The number of nitrogens with two attached hydrogens (primary N) is 2. The zero-order chi connectivity index (χ0) is 20.3. The van der Waals surface area contributed by atoms with E-state index in [1.165, 1.54) is 29.3 Å². The lowest BCUT2D eigenvalue weighted by Gasteiger charge is -2.31. The number of nitrogen functional groups attached to an aromatic ring is 1. The molecule has 3 rings (SSSR count). The van der Waals surface area contributed by atoms with Crippen LogP contribution in [0.2, 0.25) is 0 Å². The molecule has 1 fully saturated rings. The van der Waals surface area contributed by atoms with Gasteiger partial charge in [0.1, 0.15) is 5.75 Å². The van der Waals surface area contributed by atoms with Gasteiger partial charge >= 0.3 is 6.36 Å². The molecule has 1 heterocycles. The number of rotatable bonds is 4. The van der Waals surface area contributed by atoms with Crippen LogP contribution in [0.15, 0.2) is 42.5 Å². The maximum Gasteiger partial charge on any atom is 0.573 e. The van der Waals surface area contributed by atoms with Gasteiger partial charge in [0.15, 0.2) is 0 Å². The molecule has 1 saturated heterocycles. The summed E-state index contributed by atoms with van der Waals surface area (Å²) < 4.78 is 40.7. The fourth-order valence-corrected chi connectivity index (χ4v) is 3.16. The summed E-state index contributed by atoms with van der Waals surface area (Å²) in [6, 6.07) is 10.2. The SMILES string of the molecule is Nc1ccc(-c2ccc(OC(F)(F)F)cc2)cc1C(=O)N(N)C1CCNCC1. The second-order valence-electron chi connectivity index (χ2n) is 6.57. The number of alkyl halides is 3. The number of nitrogens with zero attached hydrogens (tertiary/aromatic N) is 1. The summed E-state index contributed by atoms with van der Waals surface area (Å²) in [6.07, 6.45) is -3.24. The molecule has 6 nitrogen and oxygen atoms in total. The number of carbonyl (C=O) groups excluding carboxylic acids is 1. The van der Waals surface area contributed by atoms with E-state index in [2.05, 4.69) is 10.1 Å². The number of piperidine rings is 1. The molecule has 1 amide bonds. The molecule has 5 N–H and O–H groups in total. The van der Waals surface area contributed by atoms with Crippen molar-refractivity contribution < 1.29 is 22.7 Å². The van der Waals surface area contributed by atoms with Crippen LogP contribution in [0.5, 0.6) is 5.75 Å². The maximum absolute atomic E-state index is 12.8. The number of carbonyl (C=O) groups is 1. The summed E-state index contributed by atoms with van der Waals surface area (Å²) in [5.41, 5.74) is 7.77. The van der Waals surface area contributed by atoms with Gasteiger partial charge in [0.25, 0.3) is 5.91 Å². The maximum atomic E-state index is 12.8. The highest BCUT2D eigenvalue weighted by molar-refractivity contribution is 6.00. The van der Waals surface area contributed by atoms with Crippen LogP contribution in [0.1, 0.15) is 23.2 Å². The van der Waals surface area contributed by atoms with E-state index in [4.69, 9.17) is 11.6 Å². The van der Waals surface area contributed by atoms with Gasteiger partial charge in [-0.2, -0.15) is 0 Å². The molecular formula is C19H21F3N4O2. The minimum atomic E-state index is -4.75. The van der Waals surface area contributed by atoms with E-state index in [0.717, 1.165) is 25.9 Å². The third-order valence-electron chi connectivity index (χ3n) is 4.64. The van der Waals surface area contributed by atoms with Crippen molar-refractivity contribution in [2.45, 2.75) is 25.2 Å². The van der Waals surface area contributed by atoms with Crippen molar-refractivity contribution >= 4 is 11.6 Å². The van der Waals surface area contributed by atoms with Crippen molar-refractivity contribution in [2.75, 3.05) is 18.8 Å². The summed E-state index contributed by atoms with van der Waals surface area (Å²) in [4.78, 5) is 12.8. The highest BCUT2D eigenvalue weighted by atomic mass is 19.4. The number of anilines is 1. The lowest BCUT2D eigenvalue weighted by molar-refractivity contribution is -0.274. The first kappa shape index (κ1) is 20.0. The smallest absolute Gasteiger partial charge is 0.406 e. The number of ether oxygens (including phenoxy) is 1. The lowest BCUT2D eigenvalue weighted by Crippen LogP contribution is -2.50. The number of amides is 1. The van der Waals surface area contributed by atoms with Crippen LogP contribution >= 0.6 is 0 Å². The Balaban J connectivity index is 1.82. The van der Waals surface area contributed by atoms with Crippen LogP contribution in [0.25, 0.3) is 11.1 Å². The second-order valence-corrected chi connectivity index (χ2v) is 6.57. The molecule has 0 atom stereocenters. The van der Waals surface area contributed by atoms with Gasteiger partial charge in [-0.15, -0.1) is 13.2 Å². The summed E-state index contributed by atoms with van der Waals surface area (Å²) in [5, 5.41) is 4.43. The molecule has 150 valence electrons. The van der Waals surface area contributed by atoms with Crippen LogP contribution in [-0.4, -0.2) is 36.4 Å². The summed E-state index contributed by atoms with van der Waals surface area (Å²) in [5.74, 6) is 5.33. The predicted octanol–water partition coefficient (Wildman–Crippen LogP) is 2.90. The van der Waals surface area contributed by atoms with Crippen LogP contribution in [-0.2, 0) is 0 Å². The van der Waals surface area contributed by atoms with Gasteiger partial charge in [-0.3, -0.25) is 9.80 Å². The van der Waals surface area contributed by atoms with Gasteiger partial charge in [-0.25, -0.2) is 5.84 Å². The third-order valence-corrected chi connectivity index (χ3v) is 4.64. The van der Waals surface area contributed by atoms with Crippen LogP contribution in [0.3, 0.4) is 0 Å². The standard InChI is InChI=1S/C19H21F3N4O2/c20-19(21,22)28-15-4-1-12(2-5-15)13-3-6-17(23)16(11-13)18(27)26(24)14-7-9-25-10-8-14/h1-6,11,14,25H,7-10,23-24H2. The van der Waals surface area contributed by atoms with E-state index in [1.54, 1.807) is 18.2 Å². The fourth-order valence-electron chi connectivity index (χ4n) is 3.16. The molecule has 1 aliphatic heterocycles. The normalized spacial score (nSPS) is 15.3. The molecule has 0 saturated carbocycles. The lowest BCUT2D eigenvalue weighted by atomic mass is 10.00. The molecule has 2 aromatic carbocycles. The third kappa shape index (κ3) is 4.73.